The lowest BCUT2D eigenvalue weighted by molar-refractivity contribution is -0.00000368. The van der Waals surface area contributed by atoms with Gasteiger partial charge in [-0.25, -0.2) is 4.98 Å². The van der Waals surface area contributed by atoms with Crippen molar-refractivity contribution in [2.45, 2.75) is 13.8 Å². The Kier molecular flexibility index (Phi) is 4.96. The molecule has 4 heteroatoms. The van der Waals surface area contributed by atoms with Crippen molar-refractivity contribution in [3.63, 3.8) is 0 Å². The molecule has 0 aliphatic carbocycles. The fourth-order valence-electron chi connectivity index (χ4n) is 1.38. The van der Waals surface area contributed by atoms with Crippen molar-refractivity contribution in [1.82, 2.24) is 4.98 Å². The quantitative estimate of drug-likeness (QED) is 0.824. The number of nitrogens with zero attached hydrogens (tertiary/aromatic N) is 1. The molecular formula is C12H13BrNOS-. The third kappa shape index (κ3) is 3.06. The molecule has 0 aliphatic heterocycles. The van der Waals surface area contributed by atoms with Crippen LogP contribution in [0.25, 0.3) is 11.3 Å². The van der Waals surface area contributed by atoms with Crippen molar-refractivity contribution in [3.05, 3.63) is 34.7 Å². The molecule has 0 amide bonds. The summed E-state index contributed by atoms with van der Waals surface area (Å²) in [7, 11) is 0. The average Bonchev–Trinajstić information content (AvgIpc) is 2.67. The van der Waals surface area contributed by atoms with Gasteiger partial charge in [0.2, 0.25) is 0 Å². The second kappa shape index (κ2) is 6.01. The summed E-state index contributed by atoms with van der Waals surface area (Å²) < 4.78 is 5.38. The number of thiazole rings is 1. The maximum Gasteiger partial charge on any atom is 0.119 e. The van der Waals surface area contributed by atoms with E-state index in [2.05, 4.69) is 10.4 Å². The maximum absolute atomic E-state index is 5.38. The first kappa shape index (κ1) is 13.2. The Bertz CT molecular complexity index is 439. The van der Waals surface area contributed by atoms with Gasteiger partial charge in [0.05, 0.1) is 17.3 Å². The number of halogens is 1. The molecule has 0 atom stereocenters. The molecule has 0 saturated carbocycles. The number of rotatable bonds is 3. The highest BCUT2D eigenvalue weighted by Gasteiger charge is 2.01. The molecule has 0 radical (unpaired) electrons. The summed E-state index contributed by atoms with van der Waals surface area (Å²) >= 11 is 1.67. The summed E-state index contributed by atoms with van der Waals surface area (Å²) in [6.07, 6.45) is 0. The van der Waals surface area contributed by atoms with Gasteiger partial charge in [-0.3, -0.25) is 0 Å². The Morgan fingerprint density at radius 2 is 1.94 bits per heavy atom. The van der Waals surface area contributed by atoms with Crippen LogP contribution in [-0.4, -0.2) is 11.6 Å². The van der Waals surface area contributed by atoms with Crippen LogP contribution < -0.4 is 21.7 Å². The number of benzene rings is 1. The predicted molar refractivity (Wildman–Crippen MR) is 63.5 cm³/mol. The van der Waals surface area contributed by atoms with E-state index in [9.17, 15) is 0 Å². The molecule has 2 aromatic rings. The van der Waals surface area contributed by atoms with E-state index in [0.717, 1.165) is 22.0 Å². The summed E-state index contributed by atoms with van der Waals surface area (Å²) in [5.41, 5.74) is 2.18. The lowest BCUT2D eigenvalue weighted by Gasteiger charge is -2.02. The highest BCUT2D eigenvalue weighted by Crippen LogP contribution is 2.23. The van der Waals surface area contributed by atoms with E-state index in [1.165, 1.54) is 0 Å². The van der Waals surface area contributed by atoms with Crippen LogP contribution in [0.4, 0.5) is 0 Å². The Morgan fingerprint density at radius 3 is 2.44 bits per heavy atom. The van der Waals surface area contributed by atoms with Gasteiger partial charge in [-0.2, -0.15) is 0 Å². The van der Waals surface area contributed by atoms with Gasteiger partial charge in [0.25, 0.3) is 0 Å². The van der Waals surface area contributed by atoms with E-state index in [1.54, 1.807) is 11.3 Å². The van der Waals surface area contributed by atoms with Gasteiger partial charge in [-0.1, -0.05) is 0 Å². The molecule has 86 valence electrons. The smallest absolute Gasteiger partial charge is 0.119 e. The minimum atomic E-state index is 0. The Balaban J connectivity index is 0.00000128. The second-order valence-corrected chi connectivity index (χ2v) is 4.27. The van der Waals surface area contributed by atoms with Gasteiger partial charge in [0.1, 0.15) is 5.75 Å². The number of ether oxygens (including phenoxy) is 1. The number of hydrogen-bond donors (Lipinski definition) is 0. The minimum Gasteiger partial charge on any atom is -1.00 e. The molecule has 0 bridgehead atoms. The van der Waals surface area contributed by atoms with E-state index < -0.39 is 0 Å². The van der Waals surface area contributed by atoms with Gasteiger partial charge in [-0.15, -0.1) is 11.3 Å². The SMILES string of the molecule is CCOc1ccc(-c2csc(C)n2)cc1.[Br-]. The van der Waals surface area contributed by atoms with E-state index in [0.29, 0.717) is 6.61 Å². The predicted octanol–water partition coefficient (Wildman–Crippen LogP) is 0.521. The second-order valence-electron chi connectivity index (χ2n) is 3.21. The average molecular weight is 299 g/mol. The molecule has 16 heavy (non-hydrogen) atoms. The first-order valence-electron chi connectivity index (χ1n) is 4.95. The lowest BCUT2D eigenvalue weighted by Crippen LogP contribution is -3.00. The van der Waals surface area contributed by atoms with Crippen molar-refractivity contribution in [2.75, 3.05) is 6.61 Å². The fourth-order valence-corrected chi connectivity index (χ4v) is 2.01. The Labute approximate surface area is 110 Å². The first-order valence-corrected chi connectivity index (χ1v) is 5.83. The summed E-state index contributed by atoms with van der Waals surface area (Å²) in [4.78, 5) is 4.43. The molecule has 0 unspecified atom stereocenters. The highest BCUT2D eigenvalue weighted by atomic mass is 79.9. The van der Waals surface area contributed by atoms with E-state index >= 15 is 0 Å². The largest absolute Gasteiger partial charge is 1.00 e. The summed E-state index contributed by atoms with van der Waals surface area (Å²) in [5, 5.41) is 3.17. The third-order valence-corrected chi connectivity index (χ3v) is 2.85. The van der Waals surface area contributed by atoms with E-state index in [-0.39, 0.29) is 17.0 Å². The van der Waals surface area contributed by atoms with Crippen molar-refractivity contribution < 1.29 is 21.7 Å². The molecule has 1 aromatic heterocycles. The third-order valence-electron chi connectivity index (χ3n) is 2.08. The van der Waals surface area contributed by atoms with Gasteiger partial charge in [0.15, 0.2) is 0 Å². The monoisotopic (exact) mass is 298 g/mol. The Morgan fingerprint density at radius 1 is 1.25 bits per heavy atom. The standard InChI is InChI=1S/C12H13NOS.BrH/c1-3-14-11-6-4-10(5-7-11)12-8-15-9(2)13-12;/h4-8H,3H2,1-2H3;1H/p-1. The normalized spacial score (nSPS) is 9.62. The highest BCUT2D eigenvalue weighted by molar-refractivity contribution is 7.09. The van der Waals surface area contributed by atoms with Gasteiger partial charge in [0, 0.05) is 10.9 Å². The van der Waals surface area contributed by atoms with Crippen LogP contribution in [0.15, 0.2) is 29.6 Å². The lowest BCUT2D eigenvalue weighted by atomic mass is 10.2. The molecule has 1 aromatic carbocycles. The summed E-state index contributed by atoms with van der Waals surface area (Å²) in [6, 6.07) is 8.04. The van der Waals surface area contributed by atoms with Crippen LogP contribution in [0.2, 0.25) is 0 Å². The number of aromatic nitrogens is 1. The molecule has 2 nitrogen and oxygen atoms in total. The van der Waals surface area contributed by atoms with E-state index in [1.807, 2.05) is 38.1 Å². The Hall–Kier alpha value is -0.870. The molecule has 0 aliphatic rings. The molecule has 0 saturated heterocycles. The van der Waals surface area contributed by atoms with Crippen molar-refractivity contribution in [3.8, 4) is 17.0 Å². The number of aryl methyl sites for hydroxylation is 1. The topological polar surface area (TPSA) is 22.1 Å². The van der Waals surface area contributed by atoms with Crippen LogP contribution in [0.5, 0.6) is 5.75 Å². The molecule has 0 fully saturated rings. The fraction of sp³-hybridized carbons (Fsp3) is 0.250. The van der Waals surface area contributed by atoms with Gasteiger partial charge >= 0.3 is 0 Å². The zero-order valence-corrected chi connectivity index (χ0v) is 11.6. The van der Waals surface area contributed by atoms with Gasteiger partial charge in [-0.05, 0) is 38.1 Å². The van der Waals surface area contributed by atoms with Crippen molar-refractivity contribution in [2.24, 2.45) is 0 Å². The summed E-state index contributed by atoms with van der Waals surface area (Å²) in [5.74, 6) is 0.910. The number of hydrogen-bond acceptors (Lipinski definition) is 3. The van der Waals surface area contributed by atoms with Crippen LogP contribution in [0, 0.1) is 6.92 Å². The first-order chi connectivity index (χ1) is 7.29. The van der Waals surface area contributed by atoms with Crippen LogP contribution in [-0.2, 0) is 0 Å². The molecule has 1 heterocycles. The van der Waals surface area contributed by atoms with E-state index in [4.69, 9.17) is 4.74 Å². The van der Waals surface area contributed by atoms with Gasteiger partial charge < -0.3 is 21.7 Å². The van der Waals surface area contributed by atoms with Crippen LogP contribution in [0.3, 0.4) is 0 Å². The zero-order valence-electron chi connectivity index (χ0n) is 9.24. The van der Waals surface area contributed by atoms with Crippen LogP contribution in [0.1, 0.15) is 11.9 Å². The molecule has 0 spiro atoms. The zero-order chi connectivity index (χ0) is 10.7. The minimum absolute atomic E-state index is 0. The summed E-state index contributed by atoms with van der Waals surface area (Å²) in [6.45, 7) is 4.70. The van der Waals surface area contributed by atoms with Crippen LogP contribution >= 0.6 is 11.3 Å². The molecule has 2 rings (SSSR count). The maximum atomic E-state index is 5.38. The van der Waals surface area contributed by atoms with Crippen molar-refractivity contribution >= 4 is 11.3 Å². The van der Waals surface area contributed by atoms with Crippen molar-refractivity contribution in [1.29, 1.82) is 0 Å². The molecule has 0 N–H and O–H groups in total. The molecular weight excluding hydrogens is 286 g/mol.